The molecule has 0 spiro atoms. The van der Waals surface area contributed by atoms with Gasteiger partial charge in [-0.1, -0.05) is 26.0 Å². The Labute approximate surface area is 177 Å². The minimum Gasteiger partial charge on any atom is -0.496 e. The average molecular weight is 476 g/mol. The summed E-state index contributed by atoms with van der Waals surface area (Å²) in [6.07, 6.45) is 3.32. The molecule has 0 amide bonds. The van der Waals surface area contributed by atoms with Gasteiger partial charge in [0.15, 0.2) is 5.96 Å². The molecule has 1 rings (SSSR count). The Kier molecular flexibility index (Phi) is 14.5. The Morgan fingerprint density at radius 2 is 1.81 bits per heavy atom. The lowest BCUT2D eigenvalue weighted by atomic mass is 10.1. The van der Waals surface area contributed by atoms with Crippen LogP contribution in [0.15, 0.2) is 23.2 Å². The van der Waals surface area contributed by atoms with Crippen molar-refractivity contribution in [2.45, 2.75) is 40.0 Å². The summed E-state index contributed by atoms with van der Waals surface area (Å²) in [5.41, 5.74) is 2.44. The Morgan fingerprint density at radius 3 is 2.42 bits per heavy atom. The molecule has 0 aliphatic carbocycles. The maximum atomic E-state index is 5.38. The first-order valence-corrected chi connectivity index (χ1v) is 9.44. The molecular weight excluding hydrogens is 439 g/mol. The van der Waals surface area contributed by atoms with E-state index in [9.17, 15) is 0 Å². The van der Waals surface area contributed by atoms with Crippen molar-refractivity contribution < 1.29 is 4.74 Å². The SMILES string of the molecule is CCN(CC)CCCCNC(=NC)NCCc1ccc(C)c(OC)c1.I. The highest BCUT2D eigenvalue weighted by Crippen LogP contribution is 2.18. The summed E-state index contributed by atoms with van der Waals surface area (Å²) < 4.78 is 5.38. The molecule has 5 nitrogen and oxygen atoms in total. The summed E-state index contributed by atoms with van der Waals surface area (Å²) in [7, 11) is 3.54. The van der Waals surface area contributed by atoms with Gasteiger partial charge in [-0.15, -0.1) is 24.0 Å². The van der Waals surface area contributed by atoms with Crippen LogP contribution in [-0.2, 0) is 6.42 Å². The molecule has 0 bridgehead atoms. The molecule has 1 aromatic rings. The van der Waals surface area contributed by atoms with Gasteiger partial charge in [0, 0.05) is 20.1 Å². The largest absolute Gasteiger partial charge is 0.496 e. The quantitative estimate of drug-likeness (QED) is 0.222. The number of aryl methyl sites for hydroxylation is 1. The van der Waals surface area contributed by atoms with E-state index in [1.54, 1.807) is 7.11 Å². The number of nitrogens with zero attached hydrogens (tertiary/aromatic N) is 2. The summed E-state index contributed by atoms with van der Waals surface area (Å²) >= 11 is 0. The minimum absolute atomic E-state index is 0. The van der Waals surface area contributed by atoms with Crippen LogP contribution >= 0.6 is 24.0 Å². The molecule has 0 saturated carbocycles. The molecule has 0 heterocycles. The van der Waals surface area contributed by atoms with E-state index in [0.29, 0.717) is 0 Å². The summed E-state index contributed by atoms with van der Waals surface area (Å²) in [4.78, 5) is 6.75. The van der Waals surface area contributed by atoms with E-state index in [2.05, 4.69) is 59.5 Å². The summed E-state index contributed by atoms with van der Waals surface area (Å²) in [6.45, 7) is 11.8. The van der Waals surface area contributed by atoms with Crippen molar-refractivity contribution in [3.8, 4) is 5.75 Å². The third kappa shape index (κ3) is 9.62. The van der Waals surface area contributed by atoms with Crippen LogP contribution in [0.3, 0.4) is 0 Å². The molecular formula is C20H37IN4O. The second kappa shape index (κ2) is 15.1. The first kappa shape index (κ1) is 25.0. The van der Waals surface area contributed by atoms with Crippen molar-refractivity contribution in [3.63, 3.8) is 0 Å². The molecule has 0 radical (unpaired) electrons. The van der Waals surface area contributed by atoms with E-state index in [-0.39, 0.29) is 24.0 Å². The molecule has 1 aromatic carbocycles. The summed E-state index contributed by atoms with van der Waals surface area (Å²) in [6, 6.07) is 6.38. The fourth-order valence-corrected chi connectivity index (χ4v) is 2.77. The first-order valence-electron chi connectivity index (χ1n) is 9.44. The lowest BCUT2D eigenvalue weighted by molar-refractivity contribution is 0.297. The van der Waals surface area contributed by atoms with E-state index >= 15 is 0 Å². The van der Waals surface area contributed by atoms with Crippen LogP contribution in [0.25, 0.3) is 0 Å². The highest BCUT2D eigenvalue weighted by Gasteiger charge is 2.02. The fraction of sp³-hybridized carbons (Fsp3) is 0.650. The monoisotopic (exact) mass is 476 g/mol. The number of benzene rings is 1. The highest BCUT2D eigenvalue weighted by molar-refractivity contribution is 14.0. The van der Waals surface area contributed by atoms with Crippen molar-refractivity contribution in [3.05, 3.63) is 29.3 Å². The molecule has 26 heavy (non-hydrogen) atoms. The summed E-state index contributed by atoms with van der Waals surface area (Å²) in [5, 5.41) is 6.77. The zero-order chi connectivity index (χ0) is 18.5. The van der Waals surface area contributed by atoms with Gasteiger partial charge in [0.1, 0.15) is 5.75 Å². The van der Waals surface area contributed by atoms with Gasteiger partial charge < -0.3 is 20.3 Å². The van der Waals surface area contributed by atoms with Gasteiger partial charge >= 0.3 is 0 Å². The Bertz CT molecular complexity index is 519. The number of unbranched alkanes of at least 4 members (excludes halogenated alkanes) is 1. The first-order chi connectivity index (χ1) is 12.1. The number of halogens is 1. The molecule has 0 aromatic heterocycles. The van der Waals surface area contributed by atoms with Gasteiger partial charge in [-0.05, 0) is 63.0 Å². The van der Waals surface area contributed by atoms with E-state index in [0.717, 1.165) is 50.7 Å². The van der Waals surface area contributed by atoms with Crippen LogP contribution in [0.4, 0.5) is 0 Å². The topological polar surface area (TPSA) is 48.9 Å². The van der Waals surface area contributed by atoms with E-state index in [1.807, 2.05) is 7.05 Å². The predicted molar refractivity (Wildman–Crippen MR) is 123 cm³/mol. The molecule has 0 fully saturated rings. The normalized spacial score (nSPS) is 11.2. The van der Waals surface area contributed by atoms with Crippen LogP contribution < -0.4 is 15.4 Å². The molecule has 0 saturated heterocycles. The Morgan fingerprint density at radius 1 is 1.12 bits per heavy atom. The predicted octanol–water partition coefficient (Wildman–Crippen LogP) is 3.45. The van der Waals surface area contributed by atoms with Crippen molar-refractivity contribution in [1.82, 2.24) is 15.5 Å². The zero-order valence-corrected chi connectivity index (χ0v) is 19.4. The number of guanidine groups is 1. The molecule has 0 aliphatic heterocycles. The third-order valence-electron chi connectivity index (χ3n) is 4.49. The van der Waals surface area contributed by atoms with Gasteiger partial charge in [0.05, 0.1) is 7.11 Å². The van der Waals surface area contributed by atoms with Gasteiger partial charge in [-0.2, -0.15) is 0 Å². The van der Waals surface area contributed by atoms with Crippen molar-refractivity contribution in [1.29, 1.82) is 0 Å². The van der Waals surface area contributed by atoms with E-state index < -0.39 is 0 Å². The zero-order valence-electron chi connectivity index (χ0n) is 17.1. The van der Waals surface area contributed by atoms with Crippen LogP contribution in [0.1, 0.15) is 37.8 Å². The van der Waals surface area contributed by atoms with Crippen molar-refractivity contribution >= 4 is 29.9 Å². The number of hydrogen-bond donors (Lipinski definition) is 2. The maximum Gasteiger partial charge on any atom is 0.190 e. The molecule has 0 unspecified atom stereocenters. The van der Waals surface area contributed by atoms with E-state index in [1.165, 1.54) is 24.1 Å². The molecule has 2 N–H and O–H groups in total. The van der Waals surface area contributed by atoms with Gasteiger partial charge in [-0.3, -0.25) is 4.99 Å². The number of ether oxygens (including phenoxy) is 1. The number of hydrogen-bond acceptors (Lipinski definition) is 3. The third-order valence-corrected chi connectivity index (χ3v) is 4.49. The van der Waals surface area contributed by atoms with Crippen LogP contribution in [-0.4, -0.2) is 57.7 Å². The van der Waals surface area contributed by atoms with Crippen molar-refractivity contribution in [2.24, 2.45) is 4.99 Å². The molecule has 0 atom stereocenters. The lowest BCUT2D eigenvalue weighted by Crippen LogP contribution is -2.39. The maximum absolute atomic E-state index is 5.38. The Balaban J connectivity index is 0.00000625. The average Bonchev–Trinajstić information content (AvgIpc) is 2.64. The van der Waals surface area contributed by atoms with Gasteiger partial charge in [0.25, 0.3) is 0 Å². The molecule has 6 heteroatoms. The van der Waals surface area contributed by atoms with Crippen LogP contribution in [0, 0.1) is 6.92 Å². The number of methoxy groups -OCH3 is 1. The standard InChI is InChI=1S/C20H36N4O.HI/c1-6-24(7-2)15-9-8-13-22-20(21-4)23-14-12-18-11-10-17(3)19(16-18)25-5;/h10-11,16H,6-9,12-15H2,1-5H3,(H2,21,22,23);1H. The summed E-state index contributed by atoms with van der Waals surface area (Å²) in [5.74, 6) is 1.83. The number of aliphatic imine (C=N–C) groups is 1. The van der Waals surface area contributed by atoms with E-state index in [4.69, 9.17) is 4.74 Å². The van der Waals surface area contributed by atoms with Crippen molar-refractivity contribution in [2.75, 3.05) is 46.9 Å². The molecule has 150 valence electrons. The van der Waals surface area contributed by atoms with Crippen LogP contribution in [0.5, 0.6) is 5.75 Å². The van der Waals surface area contributed by atoms with Gasteiger partial charge in [0.2, 0.25) is 0 Å². The Hall–Kier alpha value is -1.02. The molecule has 0 aliphatic rings. The second-order valence-electron chi connectivity index (χ2n) is 6.21. The minimum atomic E-state index is 0. The fourth-order valence-electron chi connectivity index (χ4n) is 2.77. The van der Waals surface area contributed by atoms with Crippen LogP contribution in [0.2, 0.25) is 0 Å². The smallest absolute Gasteiger partial charge is 0.190 e. The second-order valence-corrected chi connectivity index (χ2v) is 6.21. The number of rotatable bonds is 11. The highest BCUT2D eigenvalue weighted by atomic mass is 127. The lowest BCUT2D eigenvalue weighted by Gasteiger charge is -2.18. The number of nitrogens with one attached hydrogen (secondary N) is 2. The van der Waals surface area contributed by atoms with Gasteiger partial charge in [-0.25, -0.2) is 0 Å².